The molecule has 0 saturated carbocycles. The van der Waals surface area contributed by atoms with Gasteiger partial charge in [0.25, 0.3) is 0 Å². The van der Waals surface area contributed by atoms with Crippen molar-refractivity contribution in [2.75, 3.05) is 0 Å². The number of aromatic nitrogens is 2. The summed E-state index contributed by atoms with van der Waals surface area (Å²) in [5, 5.41) is 0. The maximum atomic E-state index is 6.74. The molecule has 0 atom stereocenters. The summed E-state index contributed by atoms with van der Waals surface area (Å²) >= 11 is 0. The minimum absolute atomic E-state index is 0.526. The number of fused-ring (bicyclic) bond motifs is 9. The molecule has 3 heteroatoms. The lowest BCUT2D eigenvalue weighted by Gasteiger charge is -2.39. The SMILES string of the molecule is c1ccc(-c2cc(-c3cccc(-c4ccccc4-c4ccc5c(c4)C4(c6ccccc6O5)c5ccccc5-c5ccccc54)c3)nc(-c3ccccc3)n2)cc1. The van der Waals surface area contributed by atoms with Gasteiger partial charge >= 0.3 is 0 Å². The van der Waals surface area contributed by atoms with E-state index in [1.807, 2.05) is 24.3 Å². The van der Waals surface area contributed by atoms with E-state index in [9.17, 15) is 0 Å². The maximum Gasteiger partial charge on any atom is 0.160 e. The van der Waals surface area contributed by atoms with Gasteiger partial charge in [0.1, 0.15) is 11.5 Å². The molecule has 56 heavy (non-hydrogen) atoms. The van der Waals surface area contributed by atoms with E-state index < -0.39 is 5.41 Å². The second kappa shape index (κ2) is 12.9. The average Bonchev–Trinajstić information content (AvgIpc) is 3.57. The molecule has 0 amide bonds. The van der Waals surface area contributed by atoms with Crippen LogP contribution in [-0.4, -0.2) is 9.97 Å². The zero-order chi connectivity index (χ0) is 37.1. The fraction of sp³-hybridized carbons (Fsp3) is 0.0189. The third-order valence-corrected chi connectivity index (χ3v) is 11.4. The van der Waals surface area contributed by atoms with Crippen molar-refractivity contribution in [1.82, 2.24) is 9.97 Å². The number of para-hydroxylation sites is 1. The van der Waals surface area contributed by atoms with Gasteiger partial charge in [0, 0.05) is 27.8 Å². The molecule has 0 N–H and O–H groups in total. The highest BCUT2D eigenvalue weighted by Crippen LogP contribution is 2.62. The molecule has 0 radical (unpaired) electrons. The molecular weight excluding hydrogens is 681 g/mol. The fourth-order valence-electron chi connectivity index (χ4n) is 8.92. The molecule has 1 aliphatic carbocycles. The first-order valence-electron chi connectivity index (χ1n) is 19.1. The number of nitrogens with zero attached hydrogens (tertiary/aromatic N) is 2. The zero-order valence-corrected chi connectivity index (χ0v) is 30.4. The highest BCUT2D eigenvalue weighted by molar-refractivity contribution is 5.91. The van der Waals surface area contributed by atoms with Gasteiger partial charge in [0.2, 0.25) is 0 Å². The summed E-state index contributed by atoms with van der Waals surface area (Å²) in [4.78, 5) is 10.2. The summed E-state index contributed by atoms with van der Waals surface area (Å²) in [7, 11) is 0. The van der Waals surface area contributed by atoms with Gasteiger partial charge in [-0.25, -0.2) is 9.97 Å². The summed E-state index contributed by atoms with van der Waals surface area (Å²) in [6.07, 6.45) is 0. The molecule has 0 fully saturated rings. The van der Waals surface area contributed by atoms with E-state index in [0.717, 1.165) is 73.0 Å². The van der Waals surface area contributed by atoms with Crippen molar-refractivity contribution >= 4 is 0 Å². The van der Waals surface area contributed by atoms with Crippen molar-refractivity contribution in [2.45, 2.75) is 5.41 Å². The van der Waals surface area contributed by atoms with Gasteiger partial charge in [-0.1, -0.05) is 176 Å². The Balaban J connectivity index is 1.07. The predicted molar refractivity (Wildman–Crippen MR) is 227 cm³/mol. The predicted octanol–water partition coefficient (Wildman–Crippen LogP) is 13.3. The van der Waals surface area contributed by atoms with Crippen LogP contribution in [0.1, 0.15) is 22.3 Å². The maximum absolute atomic E-state index is 6.74. The summed E-state index contributed by atoms with van der Waals surface area (Å²) in [5.41, 5.74) is 16.3. The topological polar surface area (TPSA) is 35.0 Å². The molecule has 9 aromatic rings. The second-order valence-corrected chi connectivity index (χ2v) is 14.5. The quantitative estimate of drug-likeness (QED) is 0.178. The molecule has 8 aromatic carbocycles. The Morgan fingerprint density at radius 1 is 0.304 bits per heavy atom. The summed E-state index contributed by atoms with van der Waals surface area (Å²) < 4.78 is 6.74. The van der Waals surface area contributed by atoms with Gasteiger partial charge in [0.15, 0.2) is 5.82 Å². The number of hydrogen-bond acceptors (Lipinski definition) is 3. The first kappa shape index (κ1) is 32.1. The van der Waals surface area contributed by atoms with E-state index >= 15 is 0 Å². The van der Waals surface area contributed by atoms with Crippen molar-refractivity contribution in [3.8, 4) is 78.8 Å². The van der Waals surface area contributed by atoms with Crippen LogP contribution in [0, 0.1) is 0 Å². The zero-order valence-electron chi connectivity index (χ0n) is 30.4. The van der Waals surface area contributed by atoms with Gasteiger partial charge in [-0.15, -0.1) is 0 Å². The Kier molecular flexibility index (Phi) is 7.39. The van der Waals surface area contributed by atoms with Gasteiger partial charge in [-0.2, -0.15) is 0 Å². The Labute approximate surface area is 326 Å². The molecular formula is C53H34N2O. The van der Waals surface area contributed by atoms with Crippen LogP contribution in [0.5, 0.6) is 11.5 Å². The van der Waals surface area contributed by atoms with Crippen molar-refractivity contribution in [3.63, 3.8) is 0 Å². The minimum Gasteiger partial charge on any atom is -0.457 e. The average molecular weight is 715 g/mol. The molecule has 11 rings (SSSR count). The smallest absolute Gasteiger partial charge is 0.160 e. The molecule has 1 spiro atoms. The lowest BCUT2D eigenvalue weighted by molar-refractivity contribution is 0.436. The molecule has 0 saturated heterocycles. The standard InChI is InChI=1S/C53H34N2O/c1-3-16-35(17-4-1)48-34-49(55-52(54-48)36-18-5-2-6-19-36)39-21-15-20-37(32-39)40-22-7-8-23-41(40)38-30-31-51-47(33-38)53(46-28-13-14-29-50(46)56-51)44-26-11-9-24-42(44)43-25-10-12-27-45(43)53/h1-34H. The summed E-state index contributed by atoms with van der Waals surface area (Å²) in [6.45, 7) is 0. The van der Waals surface area contributed by atoms with E-state index in [2.05, 4.69) is 182 Å². The Morgan fingerprint density at radius 2 is 0.786 bits per heavy atom. The highest BCUT2D eigenvalue weighted by atomic mass is 16.5. The highest BCUT2D eigenvalue weighted by Gasteiger charge is 2.51. The summed E-state index contributed by atoms with van der Waals surface area (Å²) in [6, 6.07) is 73.1. The first-order chi connectivity index (χ1) is 27.8. The number of ether oxygens (including phenoxy) is 1. The second-order valence-electron chi connectivity index (χ2n) is 14.5. The van der Waals surface area contributed by atoms with E-state index in [4.69, 9.17) is 14.7 Å². The van der Waals surface area contributed by atoms with Crippen LogP contribution in [0.3, 0.4) is 0 Å². The first-order valence-corrected chi connectivity index (χ1v) is 19.1. The third-order valence-electron chi connectivity index (χ3n) is 11.4. The summed E-state index contributed by atoms with van der Waals surface area (Å²) in [5.74, 6) is 2.48. The molecule has 2 aliphatic rings. The molecule has 0 bridgehead atoms. The Hall–Kier alpha value is -7.36. The van der Waals surface area contributed by atoms with Crippen LogP contribution >= 0.6 is 0 Å². The third kappa shape index (κ3) is 4.98. The van der Waals surface area contributed by atoms with Gasteiger partial charge < -0.3 is 4.74 Å². The van der Waals surface area contributed by atoms with Crippen molar-refractivity contribution < 1.29 is 4.74 Å². The van der Waals surface area contributed by atoms with Crippen molar-refractivity contribution in [1.29, 1.82) is 0 Å². The Bertz CT molecular complexity index is 2850. The van der Waals surface area contributed by atoms with Crippen LogP contribution < -0.4 is 4.74 Å². The van der Waals surface area contributed by atoms with Crippen molar-refractivity contribution in [2.24, 2.45) is 0 Å². The van der Waals surface area contributed by atoms with E-state index in [0.29, 0.717) is 5.82 Å². The van der Waals surface area contributed by atoms with E-state index in [1.165, 1.54) is 22.3 Å². The Morgan fingerprint density at radius 3 is 1.46 bits per heavy atom. The van der Waals surface area contributed by atoms with Gasteiger partial charge in [-0.05, 0) is 74.8 Å². The lowest BCUT2D eigenvalue weighted by atomic mass is 9.65. The number of hydrogen-bond donors (Lipinski definition) is 0. The molecule has 1 aliphatic heterocycles. The van der Waals surface area contributed by atoms with Gasteiger partial charge in [-0.3, -0.25) is 0 Å². The van der Waals surface area contributed by atoms with Crippen molar-refractivity contribution in [3.05, 3.63) is 229 Å². The van der Waals surface area contributed by atoms with Crippen LogP contribution in [0.4, 0.5) is 0 Å². The number of rotatable bonds is 5. The normalized spacial score (nSPS) is 12.9. The molecule has 0 unspecified atom stereocenters. The van der Waals surface area contributed by atoms with Crippen LogP contribution in [-0.2, 0) is 5.41 Å². The number of benzene rings is 8. The molecule has 2 heterocycles. The van der Waals surface area contributed by atoms with Crippen LogP contribution in [0.2, 0.25) is 0 Å². The monoisotopic (exact) mass is 714 g/mol. The fourth-order valence-corrected chi connectivity index (χ4v) is 8.92. The van der Waals surface area contributed by atoms with E-state index in [1.54, 1.807) is 0 Å². The lowest BCUT2D eigenvalue weighted by Crippen LogP contribution is -2.32. The van der Waals surface area contributed by atoms with E-state index in [-0.39, 0.29) is 0 Å². The molecule has 262 valence electrons. The van der Waals surface area contributed by atoms with Gasteiger partial charge in [0.05, 0.1) is 16.8 Å². The molecule has 3 nitrogen and oxygen atoms in total. The largest absolute Gasteiger partial charge is 0.457 e. The minimum atomic E-state index is -0.526. The van der Waals surface area contributed by atoms with Crippen LogP contribution in [0.25, 0.3) is 67.3 Å². The molecule has 1 aromatic heterocycles. The van der Waals surface area contributed by atoms with Crippen LogP contribution in [0.15, 0.2) is 206 Å².